The SMILES string of the molecule is O=C(O)c1ccc2c(n1)CNCC2. The van der Waals surface area contributed by atoms with Gasteiger partial charge < -0.3 is 10.4 Å². The van der Waals surface area contributed by atoms with Crippen LogP contribution < -0.4 is 5.32 Å². The van der Waals surface area contributed by atoms with Crippen LogP contribution in [0.4, 0.5) is 0 Å². The number of nitrogens with one attached hydrogen (secondary N) is 1. The lowest BCUT2D eigenvalue weighted by atomic mass is 10.1. The Morgan fingerprint density at radius 3 is 3.15 bits per heavy atom. The van der Waals surface area contributed by atoms with Crippen molar-refractivity contribution in [3.05, 3.63) is 29.1 Å². The van der Waals surface area contributed by atoms with Gasteiger partial charge in [0.1, 0.15) is 5.69 Å². The van der Waals surface area contributed by atoms with E-state index in [9.17, 15) is 4.79 Å². The fourth-order valence-corrected chi connectivity index (χ4v) is 1.46. The summed E-state index contributed by atoms with van der Waals surface area (Å²) in [6, 6.07) is 3.42. The van der Waals surface area contributed by atoms with Crippen molar-refractivity contribution < 1.29 is 9.90 Å². The Hall–Kier alpha value is -1.42. The summed E-state index contributed by atoms with van der Waals surface area (Å²) in [6.45, 7) is 1.62. The second-order valence-corrected chi connectivity index (χ2v) is 3.03. The first-order valence-electron chi connectivity index (χ1n) is 4.20. The van der Waals surface area contributed by atoms with Crippen molar-refractivity contribution in [2.24, 2.45) is 0 Å². The van der Waals surface area contributed by atoms with Crippen LogP contribution in [-0.2, 0) is 13.0 Å². The molecule has 1 aromatic heterocycles. The van der Waals surface area contributed by atoms with E-state index in [1.165, 1.54) is 0 Å². The summed E-state index contributed by atoms with van der Waals surface area (Å²) >= 11 is 0. The van der Waals surface area contributed by atoms with Gasteiger partial charge in [-0.1, -0.05) is 6.07 Å². The fraction of sp³-hybridized carbons (Fsp3) is 0.333. The number of carboxylic acids is 1. The number of nitrogens with zero attached hydrogens (tertiary/aromatic N) is 1. The van der Waals surface area contributed by atoms with Crippen molar-refractivity contribution in [3.8, 4) is 0 Å². The van der Waals surface area contributed by atoms with E-state index in [0.29, 0.717) is 6.54 Å². The third-order valence-electron chi connectivity index (χ3n) is 2.15. The van der Waals surface area contributed by atoms with Crippen LogP contribution in [0.5, 0.6) is 0 Å². The molecule has 0 amide bonds. The molecule has 68 valence electrons. The highest BCUT2D eigenvalue weighted by Gasteiger charge is 2.12. The van der Waals surface area contributed by atoms with E-state index in [0.717, 1.165) is 24.2 Å². The Kier molecular flexibility index (Phi) is 1.98. The van der Waals surface area contributed by atoms with E-state index in [1.54, 1.807) is 6.07 Å². The van der Waals surface area contributed by atoms with E-state index in [2.05, 4.69) is 10.3 Å². The van der Waals surface area contributed by atoms with Gasteiger partial charge in [-0.25, -0.2) is 9.78 Å². The van der Waals surface area contributed by atoms with Gasteiger partial charge in [0.25, 0.3) is 0 Å². The van der Waals surface area contributed by atoms with Crippen molar-refractivity contribution in [1.29, 1.82) is 0 Å². The Balaban J connectivity index is 2.40. The van der Waals surface area contributed by atoms with Crippen LogP contribution in [0.15, 0.2) is 12.1 Å². The van der Waals surface area contributed by atoms with E-state index in [-0.39, 0.29) is 5.69 Å². The largest absolute Gasteiger partial charge is 0.477 e. The molecule has 2 rings (SSSR count). The molecular weight excluding hydrogens is 168 g/mol. The predicted octanol–water partition coefficient (Wildman–Crippen LogP) is 0.426. The second-order valence-electron chi connectivity index (χ2n) is 3.03. The summed E-state index contributed by atoms with van der Waals surface area (Å²) in [5.41, 5.74) is 2.15. The average molecular weight is 178 g/mol. The van der Waals surface area contributed by atoms with Crippen LogP contribution in [0.3, 0.4) is 0 Å². The minimum absolute atomic E-state index is 0.127. The van der Waals surface area contributed by atoms with Gasteiger partial charge in [-0.2, -0.15) is 0 Å². The maximum atomic E-state index is 10.6. The number of hydrogen-bond donors (Lipinski definition) is 2. The molecular formula is C9H10N2O2. The molecule has 0 bridgehead atoms. The smallest absolute Gasteiger partial charge is 0.354 e. The maximum Gasteiger partial charge on any atom is 0.354 e. The summed E-state index contributed by atoms with van der Waals surface area (Å²) in [5, 5.41) is 11.9. The van der Waals surface area contributed by atoms with Crippen LogP contribution in [0.25, 0.3) is 0 Å². The standard InChI is InChI=1S/C9H10N2O2/c12-9(13)7-2-1-6-3-4-10-5-8(6)11-7/h1-2,10H,3-5H2,(H,12,13). The Morgan fingerprint density at radius 2 is 2.38 bits per heavy atom. The predicted molar refractivity (Wildman–Crippen MR) is 46.6 cm³/mol. The van der Waals surface area contributed by atoms with Crippen molar-refractivity contribution in [3.63, 3.8) is 0 Å². The first-order chi connectivity index (χ1) is 6.27. The number of carboxylic acid groups (broad SMARTS) is 1. The Labute approximate surface area is 75.6 Å². The highest BCUT2D eigenvalue weighted by molar-refractivity contribution is 5.85. The molecule has 0 unspecified atom stereocenters. The topological polar surface area (TPSA) is 62.2 Å². The molecule has 4 nitrogen and oxygen atoms in total. The lowest BCUT2D eigenvalue weighted by molar-refractivity contribution is 0.0690. The van der Waals surface area contributed by atoms with Crippen molar-refractivity contribution in [2.45, 2.75) is 13.0 Å². The number of aromatic carboxylic acids is 1. The van der Waals surface area contributed by atoms with Crippen molar-refractivity contribution >= 4 is 5.97 Å². The van der Waals surface area contributed by atoms with E-state index in [1.807, 2.05) is 6.07 Å². The Morgan fingerprint density at radius 1 is 1.54 bits per heavy atom. The van der Waals surface area contributed by atoms with E-state index in [4.69, 9.17) is 5.11 Å². The molecule has 13 heavy (non-hydrogen) atoms. The molecule has 0 atom stereocenters. The monoisotopic (exact) mass is 178 g/mol. The number of carbonyl (C=O) groups is 1. The van der Waals surface area contributed by atoms with Crippen molar-refractivity contribution in [2.75, 3.05) is 6.54 Å². The first kappa shape index (κ1) is 8.19. The number of pyridine rings is 1. The van der Waals surface area contributed by atoms with Crippen LogP contribution in [0, 0.1) is 0 Å². The average Bonchev–Trinajstić information content (AvgIpc) is 2.17. The molecule has 2 heterocycles. The zero-order valence-corrected chi connectivity index (χ0v) is 7.08. The Bertz CT molecular complexity index is 349. The highest BCUT2D eigenvalue weighted by Crippen LogP contribution is 2.11. The van der Waals surface area contributed by atoms with Gasteiger partial charge in [0.15, 0.2) is 0 Å². The van der Waals surface area contributed by atoms with E-state index >= 15 is 0 Å². The molecule has 1 aromatic rings. The van der Waals surface area contributed by atoms with Gasteiger partial charge in [0.2, 0.25) is 0 Å². The summed E-state index contributed by atoms with van der Waals surface area (Å²) < 4.78 is 0. The normalized spacial score (nSPS) is 15.1. The summed E-state index contributed by atoms with van der Waals surface area (Å²) in [4.78, 5) is 14.7. The molecule has 1 aliphatic rings. The van der Waals surface area contributed by atoms with Gasteiger partial charge >= 0.3 is 5.97 Å². The number of rotatable bonds is 1. The molecule has 0 saturated carbocycles. The van der Waals surface area contributed by atoms with Gasteiger partial charge in [-0.05, 0) is 24.6 Å². The van der Waals surface area contributed by atoms with Crippen molar-refractivity contribution in [1.82, 2.24) is 10.3 Å². The van der Waals surface area contributed by atoms with Gasteiger partial charge in [-0.3, -0.25) is 0 Å². The first-order valence-corrected chi connectivity index (χ1v) is 4.20. The van der Waals surface area contributed by atoms with Gasteiger partial charge in [-0.15, -0.1) is 0 Å². The summed E-state index contributed by atoms with van der Waals surface area (Å²) in [6.07, 6.45) is 0.933. The van der Waals surface area contributed by atoms with Crippen LogP contribution >= 0.6 is 0 Å². The number of fused-ring (bicyclic) bond motifs is 1. The molecule has 2 N–H and O–H groups in total. The number of hydrogen-bond acceptors (Lipinski definition) is 3. The third kappa shape index (κ3) is 1.53. The fourth-order valence-electron chi connectivity index (χ4n) is 1.46. The lowest BCUT2D eigenvalue weighted by Crippen LogP contribution is -2.25. The van der Waals surface area contributed by atoms with Crippen LogP contribution in [-0.4, -0.2) is 22.6 Å². The zero-order chi connectivity index (χ0) is 9.26. The summed E-state index contributed by atoms with van der Waals surface area (Å²) in [5.74, 6) is -0.964. The second kappa shape index (κ2) is 3.14. The molecule has 0 aromatic carbocycles. The molecule has 0 saturated heterocycles. The van der Waals surface area contributed by atoms with Crippen LogP contribution in [0.2, 0.25) is 0 Å². The van der Waals surface area contributed by atoms with E-state index < -0.39 is 5.97 Å². The number of aromatic nitrogens is 1. The molecule has 4 heteroatoms. The van der Waals surface area contributed by atoms with Gasteiger partial charge in [0, 0.05) is 6.54 Å². The minimum Gasteiger partial charge on any atom is -0.477 e. The molecule has 0 aliphatic carbocycles. The minimum atomic E-state index is -0.964. The lowest BCUT2D eigenvalue weighted by Gasteiger charge is -2.15. The quantitative estimate of drug-likeness (QED) is 0.654. The zero-order valence-electron chi connectivity index (χ0n) is 7.08. The maximum absolute atomic E-state index is 10.6. The molecule has 0 radical (unpaired) electrons. The molecule has 0 spiro atoms. The third-order valence-corrected chi connectivity index (χ3v) is 2.15. The summed E-state index contributed by atoms with van der Waals surface area (Å²) in [7, 11) is 0. The highest BCUT2D eigenvalue weighted by atomic mass is 16.4. The molecule has 0 fully saturated rings. The molecule has 1 aliphatic heterocycles. The van der Waals surface area contributed by atoms with Crippen LogP contribution in [0.1, 0.15) is 21.7 Å². The van der Waals surface area contributed by atoms with Gasteiger partial charge in [0.05, 0.1) is 5.69 Å².